The minimum absolute atomic E-state index is 0.162. The maximum Gasteiger partial charge on any atom is 0.251 e. The van der Waals surface area contributed by atoms with Crippen molar-refractivity contribution < 1.29 is 9.53 Å². The molecule has 0 saturated carbocycles. The highest BCUT2D eigenvalue weighted by atomic mass is 35.5. The molecule has 2 aromatic carbocycles. The molecule has 2 heterocycles. The summed E-state index contributed by atoms with van der Waals surface area (Å²) in [6.07, 6.45) is 1.82. The number of ether oxygens (including phenoxy) is 1. The van der Waals surface area contributed by atoms with Gasteiger partial charge < -0.3 is 10.1 Å². The van der Waals surface area contributed by atoms with Gasteiger partial charge in [-0.1, -0.05) is 41.9 Å². The van der Waals surface area contributed by atoms with Crippen molar-refractivity contribution in [1.82, 2.24) is 10.3 Å². The molecule has 1 amide bonds. The summed E-state index contributed by atoms with van der Waals surface area (Å²) in [5.41, 5.74) is 3.29. The van der Waals surface area contributed by atoms with Crippen molar-refractivity contribution in [3.63, 3.8) is 0 Å². The van der Waals surface area contributed by atoms with Crippen LogP contribution >= 0.6 is 22.9 Å². The van der Waals surface area contributed by atoms with E-state index in [-0.39, 0.29) is 12.5 Å². The van der Waals surface area contributed by atoms with Gasteiger partial charge in [-0.15, -0.1) is 11.3 Å². The number of halogens is 1. The van der Waals surface area contributed by atoms with Crippen LogP contribution in [0.25, 0.3) is 16.6 Å². The Bertz CT molecular complexity index is 982. The Balaban J connectivity index is 1.43. The van der Waals surface area contributed by atoms with Crippen LogP contribution in [0.15, 0.2) is 59.5 Å². The molecular weight excluding hydrogens is 368 g/mol. The van der Waals surface area contributed by atoms with E-state index in [2.05, 4.69) is 10.3 Å². The van der Waals surface area contributed by atoms with Gasteiger partial charge in [0, 0.05) is 21.5 Å². The second-order valence-corrected chi connectivity index (χ2v) is 7.13. The molecule has 0 atom stereocenters. The molecule has 26 heavy (non-hydrogen) atoms. The van der Waals surface area contributed by atoms with Gasteiger partial charge in [0.15, 0.2) is 0 Å². The zero-order valence-corrected chi connectivity index (χ0v) is 15.3. The monoisotopic (exact) mass is 382 g/mol. The second-order valence-electron chi connectivity index (χ2n) is 5.83. The Hall–Kier alpha value is -2.63. The molecule has 0 spiro atoms. The number of fused-ring (bicyclic) bond motifs is 1. The van der Waals surface area contributed by atoms with E-state index >= 15 is 0 Å². The van der Waals surface area contributed by atoms with Crippen molar-refractivity contribution in [2.45, 2.75) is 6.54 Å². The summed E-state index contributed by atoms with van der Waals surface area (Å²) in [7, 11) is 0. The predicted molar refractivity (Wildman–Crippen MR) is 104 cm³/mol. The minimum atomic E-state index is -0.162. The number of hydrogen-bond donors (Lipinski definition) is 1. The lowest BCUT2D eigenvalue weighted by Crippen LogP contribution is -2.28. The summed E-state index contributed by atoms with van der Waals surface area (Å²) in [5, 5.41) is 6.42. The first-order valence-electron chi connectivity index (χ1n) is 8.10. The number of thiazole rings is 1. The van der Waals surface area contributed by atoms with Gasteiger partial charge in [-0.05, 0) is 24.3 Å². The van der Waals surface area contributed by atoms with Crippen LogP contribution < -0.4 is 10.1 Å². The number of hydrogen-bond acceptors (Lipinski definition) is 4. The smallest absolute Gasteiger partial charge is 0.251 e. The van der Waals surface area contributed by atoms with E-state index in [0.717, 1.165) is 27.6 Å². The topological polar surface area (TPSA) is 51.2 Å². The van der Waals surface area contributed by atoms with Crippen LogP contribution in [0.2, 0.25) is 5.02 Å². The number of carbonyl (C=O) groups excluding carboxylic acids is 1. The van der Waals surface area contributed by atoms with Crippen LogP contribution in [0.3, 0.4) is 0 Å². The van der Waals surface area contributed by atoms with Crippen molar-refractivity contribution in [1.29, 1.82) is 0 Å². The molecule has 130 valence electrons. The van der Waals surface area contributed by atoms with Crippen LogP contribution in [0.4, 0.5) is 0 Å². The Morgan fingerprint density at radius 3 is 2.92 bits per heavy atom. The summed E-state index contributed by atoms with van der Waals surface area (Å²) >= 11 is 7.57. The number of carbonyl (C=O) groups is 1. The molecule has 0 unspecified atom stereocenters. The largest absolute Gasteiger partial charge is 0.488 e. The van der Waals surface area contributed by atoms with Gasteiger partial charge in [0.2, 0.25) is 0 Å². The van der Waals surface area contributed by atoms with Gasteiger partial charge in [-0.3, -0.25) is 4.79 Å². The quantitative estimate of drug-likeness (QED) is 0.719. The number of nitrogens with one attached hydrogen (secondary N) is 1. The summed E-state index contributed by atoms with van der Waals surface area (Å²) in [6.45, 7) is 0.620. The fourth-order valence-corrected chi connectivity index (χ4v) is 3.67. The van der Waals surface area contributed by atoms with Gasteiger partial charge in [-0.25, -0.2) is 4.98 Å². The van der Waals surface area contributed by atoms with E-state index in [1.807, 2.05) is 47.9 Å². The summed E-state index contributed by atoms with van der Waals surface area (Å²) in [6, 6.07) is 15.4. The summed E-state index contributed by atoms with van der Waals surface area (Å²) in [5.74, 6) is 0.572. The van der Waals surface area contributed by atoms with Crippen molar-refractivity contribution in [3.8, 4) is 16.3 Å². The maximum atomic E-state index is 12.4. The maximum absolute atomic E-state index is 12.4. The van der Waals surface area contributed by atoms with E-state index in [9.17, 15) is 4.79 Å². The zero-order valence-electron chi connectivity index (χ0n) is 13.7. The Morgan fingerprint density at radius 1 is 1.23 bits per heavy atom. The first-order valence-corrected chi connectivity index (χ1v) is 9.36. The van der Waals surface area contributed by atoms with Crippen LogP contribution in [-0.2, 0) is 11.3 Å². The molecule has 1 aliphatic heterocycles. The molecule has 4 nitrogen and oxygen atoms in total. The molecule has 0 saturated heterocycles. The molecule has 0 bridgehead atoms. The first kappa shape index (κ1) is 16.8. The van der Waals surface area contributed by atoms with Crippen LogP contribution in [0.5, 0.6) is 5.75 Å². The number of nitrogens with zero attached hydrogens (tertiary/aromatic N) is 1. The van der Waals surface area contributed by atoms with Crippen LogP contribution in [0, 0.1) is 0 Å². The van der Waals surface area contributed by atoms with Gasteiger partial charge in [0.1, 0.15) is 17.4 Å². The molecular formula is C20H15ClN2O2S. The van der Waals surface area contributed by atoms with Crippen molar-refractivity contribution in [2.24, 2.45) is 0 Å². The first-order chi connectivity index (χ1) is 12.7. The highest BCUT2D eigenvalue weighted by molar-refractivity contribution is 7.13. The fraction of sp³-hybridized carbons (Fsp3) is 0.100. The molecule has 1 N–H and O–H groups in total. The standard InChI is InChI=1S/C20H15ClN2O2S/c21-16-6-7-18-14(9-16)8-15(11-25-18)19(24)22-10-17-12-26-20(23-17)13-4-2-1-3-5-13/h1-9,12H,10-11H2,(H,22,24). The molecule has 1 aromatic heterocycles. The molecule has 6 heteroatoms. The zero-order chi connectivity index (χ0) is 17.9. The molecule has 0 radical (unpaired) electrons. The predicted octanol–water partition coefficient (Wildman–Crippen LogP) is 4.56. The number of benzene rings is 2. The highest BCUT2D eigenvalue weighted by Gasteiger charge is 2.17. The third-order valence-electron chi connectivity index (χ3n) is 3.98. The average molecular weight is 383 g/mol. The second kappa shape index (κ2) is 7.32. The van der Waals surface area contributed by atoms with Gasteiger partial charge in [0.05, 0.1) is 17.8 Å². The van der Waals surface area contributed by atoms with E-state index in [1.165, 1.54) is 0 Å². The lowest BCUT2D eigenvalue weighted by atomic mass is 10.1. The number of aromatic nitrogens is 1. The van der Waals surface area contributed by atoms with Crippen molar-refractivity contribution in [3.05, 3.63) is 75.8 Å². The van der Waals surface area contributed by atoms with E-state index in [0.29, 0.717) is 17.1 Å². The molecule has 1 aliphatic rings. The van der Waals surface area contributed by atoms with Crippen molar-refractivity contribution >= 4 is 34.9 Å². The molecule has 3 aromatic rings. The Morgan fingerprint density at radius 2 is 2.08 bits per heavy atom. The third kappa shape index (κ3) is 3.64. The third-order valence-corrected chi connectivity index (χ3v) is 5.15. The lowest BCUT2D eigenvalue weighted by Gasteiger charge is -2.17. The molecule has 4 rings (SSSR count). The number of rotatable bonds is 4. The van der Waals surface area contributed by atoms with Gasteiger partial charge in [-0.2, -0.15) is 0 Å². The van der Waals surface area contributed by atoms with E-state index < -0.39 is 0 Å². The lowest BCUT2D eigenvalue weighted by molar-refractivity contribution is -0.117. The summed E-state index contributed by atoms with van der Waals surface area (Å²) < 4.78 is 5.62. The normalized spacial score (nSPS) is 12.7. The minimum Gasteiger partial charge on any atom is -0.488 e. The van der Waals surface area contributed by atoms with Gasteiger partial charge >= 0.3 is 0 Å². The van der Waals surface area contributed by atoms with E-state index in [1.54, 1.807) is 23.5 Å². The molecule has 0 fully saturated rings. The highest BCUT2D eigenvalue weighted by Crippen LogP contribution is 2.29. The summed E-state index contributed by atoms with van der Waals surface area (Å²) in [4.78, 5) is 17.0. The van der Waals surface area contributed by atoms with Crippen molar-refractivity contribution in [2.75, 3.05) is 6.61 Å². The van der Waals surface area contributed by atoms with Gasteiger partial charge in [0.25, 0.3) is 5.91 Å². The Kier molecular flexibility index (Phi) is 4.73. The van der Waals surface area contributed by atoms with E-state index in [4.69, 9.17) is 16.3 Å². The SMILES string of the molecule is O=C(NCc1csc(-c2ccccc2)n1)C1=Cc2cc(Cl)ccc2OC1. The fourth-order valence-electron chi connectivity index (χ4n) is 2.67. The van der Waals surface area contributed by atoms with Crippen LogP contribution in [-0.4, -0.2) is 17.5 Å². The number of amides is 1. The molecule has 0 aliphatic carbocycles. The Labute approximate surface area is 160 Å². The van der Waals surface area contributed by atoms with Crippen LogP contribution in [0.1, 0.15) is 11.3 Å². The average Bonchev–Trinajstić information content (AvgIpc) is 3.15.